The molecule has 1 fully saturated rings. The Morgan fingerprint density at radius 2 is 2.26 bits per heavy atom. The summed E-state index contributed by atoms with van der Waals surface area (Å²) in [5, 5.41) is 3.92. The van der Waals surface area contributed by atoms with Crippen molar-refractivity contribution >= 4 is 5.91 Å². The summed E-state index contributed by atoms with van der Waals surface area (Å²) >= 11 is 0. The van der Waals surface area contributed by atoms with E-state index in [4.69, 9.17) is 4.52 Å². The monoisotopic (exact) mass is 264 g/mol. The zero-order valence-corrected chi connectivity index (χ0v) is 12.2. The molecular formula is C15H24N2O2. The van der Waals surface area contributed by atoms with Crippen LogP contribution in [0.1, 0.15) is 68.6 Å². The van der Waals surface area contributed by atoms with Crippen molar-refractivity contribution in [3.63, 3.8) is 0 Å². The molecule has 2 heterocycles. The summed E-state index contributed by atoms with van der Waals surface area (Å²) in [6.45, 7) is 7.99. The highest BCUT2D eigenvalue weighted by atomic mass is 16.5. The molecule has 0 radical (unpaired) electrons. The highest BCUT2D eigenvalue weighted by Gasteiger charge is 2.23. The van der Waals surface area contributed by atoms with Gasteiger partial charge in [-0.05, 0) is 25.2 Å². The van der Waals surface area contributed by atoms with Gasteiger partial charge in [0.15, 0.2) is 5.69 Å². The van der Waals surface area contributed by atoms with Gasteiger partial charge >= 0.3 is 0 Å². The second kappa shape index (κ2) is 6.22. The van der Waals surface area contributed by atoms with Gasteiger partial charge in [-0.1, -0.05) is 32.3 Å². The fourth-order valence-corrected chi connectivity index (χ4v) is 2.60. The van der Waals surface area contributed by atoms with Crippen molar-refractivity contribution in [2.24, 2.45) is 5.92 Å². The summed E-state index contributed by atoms with van der Waals surface area (Å²) in [4.78, 5) is 14.3. The lowest BCUT2D eigenvalue weighted by Gasteiger charge is -2.19. The van der Waals surface area contributed by atoms with E-state index < -0.39 is 0 Å². The van der Waals surface area contributed by atoms with Crippen molar-refractivity contribution in [2.45, 2.75) is 52.4 Å². The molecule has 0 spiro atoms. The molecule has 2 rings (SSSR count). The minimum Gasteiger partial charge on any atom is -0.360 e. The second-order valence-corrected chi connectivity index (χ2v) is 5.77. The minimum atomic E-state index is 0.0207. The first kappa shape index (κ1) is 14.1. The van der Waals surface area contributed by atoms with Crippen LogP contribution in [0.2, 0.25) is 0 Å². The molecular weight excluding hydrogens is 240 g/mol. The molecule has 1 saturated heterocycles. The number of aromatic nitrogens is 1. The average Bonchev–Trinajstić information content (AvgIpc) is 2.77. The highest BCUT2D eigenvalue weighted by Crippen LogP contribution is 2.22. The van der Waals surface area contributed by atoms with Gasteiger partial charge in [0.1, 0.15) is 5.76 Å². The van der Waals surface area contributed by atoms with Gasteiger partial charge in [-0.3, -0.25) is 4.79 Å². The summed E-state index contributed by atoms with van der Waals surface area (Å²) in [5.41, 5.74) is 0.457. The Balaban J connectivity index is 2.02. The van der Waals surface area contributed by atoms with Gasteiger partial charge in [-0.15, -0.1) is 0 Å². The zero-order valence-electron chi connectivity index (χ0n) is 12.2. The van der Waals surface area contributed by atoms with E-state index in [-0.39, 0.29) is 11.8 Å². The maximum absolute atomic E-state index is 12.4. The van der Waals surface area contributed by atoms with E-state index in [0.29, 0.717) is 5.69 Å². The third-order valence-electron chi connectivity index (χ3n) is 4.03. The third kappa shape index (κ3) is 3.37. The molecule has 1 amide bonds. The summed E-state index contributed by atoms with van der Waals surface area (Å²) < 4.78 is 5.21. The van der Waals surface area contributed by atoms with Crippen LogP contribution in [0.25, 0.3) is 0 Å². The summed E-state index contributed by atoms with van der Waals surface area (Å²) in [5.74, 6) is 1.83. The maximum Gasteiger partial charge on any atom is 0.276 e. The molecule has 1 aliphatic heterocycles. The molecule has 4 nitrogen and oxygen atoms in total. The van der Waals surface area contributed by atoms with Crippen LogP contribution >= 0.6 is 0 Å². The predicted molar refractivity (Wildman–Crippen MR) is 74.1 cm³/mol. The van der Waals surface area contributed by atoms with Crippen molar-refractivity contribution in [1.29, 1.82) is 0 Å². The lowest BCUT2D eigenvalue weighted by molar-refractivity contribution is 0.0749. The predicted octanol–water partition coefficient (Wildman–Crippen LogP) is 3.45. The normalized spacial score (nSPS) is 20.6. The summed E-state index contributed by atoms with van der Waals surface area (Å²) in [6.07, 6.45) is 4.65. The summed E-state index contributed by atoms with van der Waals surface area (Å²) in [6, 6.07) is 1.79. The van der Waals surface area contributed by atoms with E-state index in [1.807, 2.05) is 18.7 Å². The van der Waals surface area contributed by atoms with E-state index in [0.717, 1.165) is 37.6 Å². The van der Waals surface area contributed by atoms with Crippen LogP contribution in [0.5, 0.6) is 0 Å². The number of rotatable bonds is 3. The first-order chi connectivity index (χ1) is 9.11. The average molecular weight is 264 g/mol. The number of likely N-dealkylation sites (tertiary alicyclic amines) is 1. The van der Waals surface area contributed by atoms with E-state index in [2.05, 4.69) is 12.1 Å². The van der Waals surface area contributed by atoms with Crippen LogP contribution in [0.4, 0.5) is 0 Å². The molecule has 106 valence electrons. The standard InChI is InChI=1S/C15H24N2O2/c1-4-12-6-5-8-17(9-7-12)15(18)13-10-14(11(2)3)19-16-13/h10-12H,4-9H2,1-3H3/t12-/m1/s1. The molecule has 1 aromatic heterocycles. The van der Waals surface area contributed by atoms with Gasteiger partial charge in [0.25, 0.3) is 5.91 Å². The third-order valence-corrected chi connectivity index (χ3v) is 4.03. The minimum absolute atomic E-state index is 0.0207. The van der Waals surface area contributed by atoms with Gasteiger partial charge in [0, 0.05) is 25.1 Å². The lowest BCUT2D eigenvalue weighted by atomic mass is 9.98. The quantitative estimate of drug-likeness (QED) is 0.840. The molecule has 1 aromatic rings. The van der Waals surface area contributed by atoms with Crippen molar-refractivity contribution in [3.05, 3.63) is 17.5 Å². The lowest BCUT2D eigenvalue weighted by Crippen LogP contribution is -2.32. The molecule has 0 aromatic carbocycles. The van der Waals surface area contributed by atoms with Crippen LogP contribution in [0.3, 0.4) is 0 Å². The first-order valence-corrected chi connectivity index (χ1v) is 7.37. The molecule has 19 heavy (non-hydrogen) atoms. The maximum atomic E-state index is 12.4. The Bertz CT molecular complexity index is 426. The Hall–Kier alpha value is -1.32. The molecule has 0 saturated carbocycles. The number of carbonyl (C=O) groups excluding carboxylic acids is 1. The Labute approximate surface area is 115 Å². The van der Waals surface area contributed by atoms with Gasteiger partial charge in [-0.25, -0.2) is 0 Å². The van der Waals surface area contributed by atoms with Gasteiger partial charge in [0.05, 0.1) is 0 Å². The first-order valence-electron chi connectivity index (χ1n) is 7.37. The van der Waals surface area contributed by atoms with Crippen LogP contribution in [0, 0.1) is 5.92 Å². The van der Waals surface area contributed by atoms with E-state index in [1.165, 1.54) is 12.8 Å². The van der Waals surface area contributed by atoms with Crippen LogP contribution in [-0.4, -0.2) is 29.1 Å². The largest absolute Gasteiger partial charge is 0.360 e. The fourth-order valence-electron chi connectivity index (χ4n) is 2.60. The van der Waals surface area contributed by atoms with Crippen molar-refractivity contribution in [1.82, 2.24) is 10.1 Å². The zero-order chi connectivity index (χ0) is 13.8. The van der Waals surface area contributed by atoms with Crippen molar-refractivity contribution < 1.29 is 9.32 Å². The number of amides is 1. The van der Waals surface area contributed by atoms with Crippen molar-refractivity contribution in [2.75, 3.05) is 13.1 Å². The van der Waals surface area contributed by atoms with E-state index in [9.17, 15) is 4.79 Å². The van der Waals surface area contributed by atoms with E-state index >= 15 is 0 Å². The molecule has 1 aliphatic rings. The number of hydrogen-bond acceptors (Lipinski definition) is 3. The van der Waals surface area contributed by atoms with Crippen LogP contribution in [-0.2, 0) is 0 Å². The van der Waals surface area contributed by atoms with E-state index in [1.54, 1.807) is 6.07 Å². The highest BCUT2D eigenvalue weighted by molar-refractivity contribution is 5.92. The van der Waals surface area contributed by atoms with Crippen LogP contribution < -0.4 is 0 Å². The Morgan fingerprint density at radius 1 is 1.47 bits per heavy atom. The van der Waals surface area contributed by atoms with Crippen molar-refractivity contribution in [3.8, 4) is 0 Å². The number of carbonyl (C=O) groups is 1. The van der Waals surface area contributed by atoms with Gasteiger partial charge in [0.2, 0.25) is 0 Å². The topological polar surface area (TPSA) is 46.3 Å². The molecule has 0 N–H and O–H groups in total. The number of nitrogens with zero attached hydrogens (tertiary/aromatic N) is 2. The molecule has 1 atom stereocenters. The van der Waals surface area contributed by atoms with Crippen LogP contribution in [0.15, 0.2) is 10.6 Å². The van der Waals surface area contributed by atoms with Gasteiger partial charge < -0.3 is 9.42 Å². The molecule has 0 bridgehead atoms. The second-order valence-electron chi connectivity index (χ2n) is 5.77. The SMILES string of the molecule is CC[C@@H]1CCCN(C(=O)c2cc(C(C)C)on2)CC1. The molecule has 4 heteroatoms. The molecule has 0 unspecified atom stereocenters. The Kier molecular flexibility index (Phi) is 4.61. The number of hydrogen-bond donors (Lipinski definition) is 0. The molecule has 0 aliphatic carbocycles. The van der Waals surface area contributed by atoms with Gasteiger partial charge in [-0.2, -0.15) is 0 Å². The summed E-state index contributed by atoms with van der Waals surface area (Å²) in [7, 11) is 0. The smallest absolute Gasteiger partial charge is 0.276 e. The Morgan fingerprint density at radius 3 is 2.89 bits per heavy atom. The fraction of sp³-hybridized carbons (Fsp3) is 0.733.